The molecule has 0 aromatic heterocycles. The molecule has 0 aliphatic rings. The largest absolute Gasteiger partial charge is 0.379 e. The summed E-state index contributed by atoms with van der Waals surface area (Å²) >= 11 is 0. The van der Waals surface area contributed by atoms with Crippen LogP contribution in [-0.2, 0) is 9.47 Å². The Morgan fingerprint density at radius 3 is 2.18 bits per heavy atom. The van der Waals surface area contributed by atoms with Crippen molar-refractivity contribution in [2.45, 2.75) is 26.7 Å². The maximum atomic E-state index is 5.26. The van der Waals surface area contributed by atoms with Crippen LogP contribution in [0.3, 0.4) is 0 Å². The summed E-state index contributed by atoms with van der Waals surface area (Å²) in [6.45, 7) is 7.28. The van der Waals surface area contributed by atoms with Crippen LogP contribution in [0.5, 0.6) is 0 Å². The van der Waals surface area contributed by atoms with E-state index in [-0.39, 0.29) is 0 Å². The van der Waals surface area contributed by atoms with Gasteiger partial charge in [0, 0.05) is 13.2 Å². The molecule has 0 atom stereocenters. The zero-order valence-electron chi connectivity index (χ0n) is 7.64. The molecular weight excluding hydrogens is 140 g/mol. The molecule has 0 heterocycles. The maximum absolute atomic E-state index is 5.26. The van der Waals surface area contributed by atoms with Crippen LogP contribution < -0.4 is 0 Å². The minimum Gasteiger partial charge on any atom is -0.379 e. The number of hydrogen-bond acceptors (Lipinski definition) is 2. The van der Waals surface area contributed by atoms with Gasteiger partial charge in [0.15, 0.2) is 0 Å². The molecule has 0 aliphatic carbocycles. The summed E-state index contributed by atoms with van der Waals surface area (Å²) in [6.07, 6.45) is 4.23. The number of rotatable bonds is 8. The molecule has 0 rings (SSSR count). The Labute approximate surface area is 69.9 Å². The highest BCUT2D eigenvalue weighted by Crippen LogP contribution is 1.87. The van der Waals surface area contributed by atoms with E-state index in [0.717, 1.165) is 39.3 Å². The van der Waals surface area contributed by atoms with Crippen LogP contribution in [0.1, 0.15) is 26.7 Å². The van der Waals surface area contributed by atoms with Gasteiger partial charge < -0.3 is 9.47 Å². The standard InChI is InChI=1S/C9H19O2/c1-3-5-7-11-9-8-10-6-4-2/h3H,4-9H2,1-2H3. The first-order valence-corrected chi connectivity index (χ1v) is 4.35. The van der Waals surface area contributed by atoms with Crippen molar-refractivity contribution >= 4 is 0 Å². The van der Waals surface area contributed by atoms with Gasteiger partial charge in [0.05, 0.1) is 13.2 Å². The molecule has 1 radical (unpaired) electrons. The SMILES string of the molecule is C[CH]CCOCCOCCC. The summed E-state index contributed by atoms with van der Waals surface area (Å²) in [7, 11) is 0. The van der Waals surface area contributed by atoms with E-state index in [1.165, 1.54) is 0 Å². The molecule has 11 heavy (non-hydrogen) atoms. The third-order valence-corrected chi connectivity index (χ3v) is 1.27. The molecule has 2 nitrogen and oxygen atoms in total. The lowest BCUT2D eigenvalue weighted by atomic mass is 10.4. The second-order valence-electron chi connectivity index (χ2n) is 2.42. The van der Waals surface area contributed by atoms with E-state index in [1.54, 1.807) is 0 Å². The smallest absolute Gasteiger partial charge is 0.0700 e. The summed E-state index contributed by atoms with van der Waals surface area (Å²) in [5, 5.41) is 0. The maximum Gasteiger partial charge on any atom is 0.0700 e. The Morgan fingerprint density at radius 2 is 1.64 bits per heavy atom. The number of hydrogen-bond donors (Lipinski definition) is 0. The average Bonchev–Trinajstić information content (AvgIpc) is 2.03. The van der Waals surface area contributed by atoms with Gasteiger partial charge in [-0.1, -0.05) is 13.8 Å². The van der Waals surface area contributed by atoms with Crippen molar-refractivity contribution in [3.05, 3.63) is 6.42 Å². The average molecular weight is 159 g/mol. The first kappa shape index (κ1) is 10.9. The van der Waals surface area contributed by atoms with Gasteiger partial charge in [-0.3, -0.25) is 0 Å². The monoisotopic (exact) mass is 159 g/mol. The van der Waals surface area contributed by atoms with E-state index >= 15 is 0 Å². The van der Waals surface area contributed by atoms with Crippen molar-refractivity contribution in [3.63, 3.8) is 0 Å². The first-order valence-electron chi connectivity index (χ1n) is 4.35. The Kier molecular flexibility index (Phi) is 9.85. The summed E-state index contributed by atoms with van der Waals surface area (Å²) in [6, 6.07) is 0. The highest BCUT2D eigenvalue weighted by molar-refractivity contribution is 4.52. The Hall–Kier alpha value is -0.0800. The molecule has 0 unspecified atom stereocenters. The predicted molar refractivity (Wildman–Crippen MR) is 46.5 cm³/mol. The zero-order chi connectivity index (χ0) is 8.36. The van der Waals surface area contributed by atoms with E-state index in [1.807, 2.05) is 6.92 Å². The van der Waals surface area contributed by atoms with Gasteiger partial charge >= 0.3 is 0 Å². The summed E-state index contributed by atoms with van der Waals surface area (Å²) in [5.74, 6) is 0. The fourth-order valence-electron chi connectivity index (χ4n) is 0.667. The van der Waals surface area contributed by atoms with E-state index in [4.69, 9.17) is 9.47 Å². The molecule has 0 aromatic rings. The van der Waals surface area contributed by atoms with Gasteiger partial charge in [-0.2, -0.15) is 0 Å². The molecule has 2 heteroatoms. The molecule has 0 saturated heterocycles. The quantitative estimate of drug-likeness (QED) is 0.505. The van der Waals surface area contributed by atoms with Crippen LogP contribution in [0.2, 0.25) is 0 Å². The van der Waals surface area contributed by atoms with Crippen molar-refractivity contribution < 1.29 is 9.47 Å². The van der Waals surface area contributed by atoms with Crippen LogP contribution in [0.25, 0.3) is 0 Å². The summed E-state index contributed by atoms with van der Waals surface area (Å²) in [4.78, 5) is 0. The van der Waals surface area contributed by atoms with E-state index < -0.39 is 0 Å². The second-order valence-corrected chi connectivity index (χ2v) is 2.42. The Balaban J connectivity index is 2.69. The van der Waals surface area contributed by atoms with Crippen molar-refractivity contribution in [3.8, 4) is 0 Å². The molecule has 0 spiro atoms. The Morgan fingerprint density at radius 1 is 1.00 bits per heavy atom. The normalized spacial score (nSPS) is 10.4. The molecule has 67 valence electrons. The number of unbranched alkanes of at least 4 members (excludes halogenated alkanes) is 1. The zero-order valence-corrected chi connectivity index (χ0v) is 7.64. The summed E-state index contributed by atoms with van der Waals surface area (Å²) < 4.78 is 10.5. The van der Waals surface area contributed by atoms with Gasteiger partial charge in [0.2, 0.25) is 0 Å². The fourth-order valence-corrected chi connectivity index (χ4v) is 0.667. The van der Waals surface area contributed by atoms with E-state index in [0.29, 0.717) is 0 Å². The van der Waals surface area contributed by atoms with E-state index in [2.05, 4.69) is 13.3 Å². The predicted octanol–water partition coefficient (Wildman–Crippen LogP) is 2.04. The highest BCUT2D eigenvalue weighted by atomic mass is 16.5. The molecule has 0 fully saturated rings. The van der Waals surface area contributed by atoms with Gasteiger partial charge in [-0.05, 0) is 19.3 Å². The Bertz CT molecular complexity index is 56.6. The lowest BCUT2D eigenvalue weighted by molar-refractivity contribution is 0.0490. The first-order chi connectivity index (χ1) is 5.41. The van der Waals surface area contributed by atoms with Gasteiger partial charge in [0.1, 0.15) is 0 Å². The lowest BCUT2D eigenvalue weighted by Crippen LogP contribution is -2.05. The lowest BCUT2D eigenvalue weighted by Gasteiger charge is -2.03. The summed E-state index contributed by atoms with van der Waals surface area (Å²) in [5.41, 5.74) is 0. The van der Waals surface area contributed by atoms with Crippen molar-refractivity contribution in [1.29, 1.82) is 0 Å². The van der Waals surface area contributed by atoms with Crippen LogP contribution in [0.15, 0.2) is 0 Å². The third kappa shape index (κ3) is 9.92. The van der Waals surface area contributed by atoms with Crippen LogP contribution in [0, 0.1) is 6.42 Å². The van der Waals surface area contributed by atoms with Gasteiger partial charge in [-0.15, -0.1) is 0 Å². The fraction of sp³-hybridized carbons (Fsp3) is 0.889. The molecular formula is C9H19O2. The molecule has 0 bridgehead atoms. The van der Waals surface area contributed by atoms with Crippen LogP contribution >= 0.6 is 0 Å². The third-order valence-electron chi connectivity index (χ3n) is 1.27. The second kappa shape index (κ2) is 9.92. The molecule has 0 amide bonds. The van der Waals surface area contributed by atoms with Crippen LogP contribution in [-0.4, -0.2) is 26.4 Å². The molecule has 0 N–H and O–H groups in total. The topological polar surface area (TPSA) is 18.5 Å². The minimum atomic E-state index is 0.730. The van der Waals surface area contributed by atoms with Crippen molar-refractivity contribution in [2.24, 2.45) is 0 Å². The highest BCUT2D eigenvalue weighted by Gasteiger charge is 1.87. The molecule has 0 saturated carbocycles. The van der Waals surface area contributed by atoms with Gasteiger partial charge in [0.25, 0.3) is 0 Å². The van der Waals surface area contributed by atoms with Crippen LogP contribution in [0.4, 0.5) is 0 Å². The van der Waals surface area contributed by atoms with Crippen molar-refractivity contribution in [2.75, 3.05) is 26.4 Å². The van der Waals surface area contributed by atoms with E-state index in [9.17, 15) is 0 Å². The molecule has 0 aliphatic heterocycles. The minimum absolute atomic E-state index is 0.730. The molecule has 0 aromatic carbocycles. The van der Waals surface area contributed by atoms with Crippen molar-refractivity contribution in [1.82, 2.24) is 0 Å². The van der Waals surface area contributed by atoms with Gasteiger partial charge in [-0.25, -0.2) is 0 Å². The number of ether oxygens (including phenoxy) is 2.